The van der Waals surface area contributed by atoms with Gasteiger partial charge in [0.1, 0.15) is 0 Å². The Bertz CT molecular complexity index is 805. The van der Waals surface area contributed by atoms with Crippen molar-refractivity contribution in [2.45, 2.75) is 0 Å². The molecule has 3 rings (SSSR count). The van der Waals surface area contributed by atoms with Gasteiger partial charge in [-0.3, -0.25) is 14.9 Å². The van der Waals surface area contributed by atoms with Gasteiger partial charge in [0.05, 0.1) is 15.5 Å². The standard InChI is InChI=1S/C17H15ClIN3O3/c18-16-6-1-12(19)11-15(16)17(23)21-9-7-20(8-10-21)13-2-4-14(5-3-13)22(24)25/h1-6,11H,7-10H2. The van der Waals surface area contributed by atoms with Crippen LogP contribution in [0, 0.1) is 13.7 Å². The number of anilines is 1. The number of nitro benzene ring substituents is 1. The lowest BCUT2D eigenvalue weighted by molar-refractivity contribution is -0.384. The molecule has 6 nitrogen and oxygen atoms in total. The smallest absolute Gasteiger partial charge is 0.269 e. The second-order valence-electron chi connectivity index (χ2n) is 5.68. The number of rotatable bonds is 3. The highest BCUT2D eigenvalue weighted by Crippen LogP contribution is 2.23. The number of carbonyl (C=O) groups is 1. The van der Waals surface area contributed by atoms with Gasteiger partial charge in [-0.05, 0) is 52.9 Å². The maximum absolute atomic E-state index is 12.7. The molecule has 0 spiro atoms. The zero-order chi connectivity index (χ0) is 18.0. The van der Waals surface area contributed by atoms with Crippen molar-refractivity contribution in [2.24, 2.45) is 0 Å². The quantitative estimate of drug-likeness (QED) is 0.388. The van der Waals surface area contributed by atoms with E-state index >= 15 is 0 Å². The van der Waals surface area contributed by atoms with Crippen molar-refractivity contribution in [1.29, 1.82) is 0 Å². The van der Waals surface area contributed by atoms with Crippen LogP contribution in [0.5, 0.6) is 0 Å². The largest absolute Gasteiger partial charge is 0.368 e. The van der Waals surface area contributed by atoms with Crippen LogP contribution in [0.4, 0.5) is 11.4 Å². The molecule has 8 heteroatoms. The molecule has 1 heterocycles. The molecule has 2 aromatic rings. The molecular weight excluding hydrogens is 457 g/mol. The summed E-state index contributed by atoms with van der Waals surface area (Å²) in [6, 6.07) is 11.9. The lowest BCUT2D eigenvalue weighted by Crippen LogP contribution is -2.48. The summed E-state index contributed by atoms with van der Waals surface area (Å²) in [4.78, 5) is 26.9. The molecule has 0 radical (unpaired) electrons. The second kappa shape index (κ2) is 7.57. The third kappa shape index (κ3) is 4.04. The number of nitrogens with zero attached hydrogens (tertiary/aromatic N) is 3. The summed E-state index contributed by atoms with van der Waals surface area (Å²) in [6.45, 7) is 2.51. The number of hydrogen-bond acceptors (Lipinski definition) is 4. The van der Waals surface area contributed by atoms with E-state index in [1.807, 2.05) is 6.07 Å². The first-order valence-electron chi connectivity index (χ1n) is 7.69. The molecular formula is C17H15ClIN3O3. The van der Waals surface area contributed by atoms with E-state index < -0.39 is 4.92 Å². The number of amides is 1. The highest BCUT2D eigenvalue weighted by atomic mass is 127. The minimum atomic E-state index is -0.411. The minimum absolute atomic E-state index is 0.0631. The average Bonchev–Trinajstić information content (AvgIpc) is 2.63. The predicted octanol–water partition coefficient (Wildman–Crippen LogP) is 3.82. The second-order valence-corrected chi connectivity index (χ2v) is 7.33. The van der Waals surface area contributed by atoms with E-state index in [4.69, 9.17) is 11.6 Å². The van der Waals surface area contributed by atoms with Gasteiger partial charge in [0.25, 0.3) is 11.6 Å². The number of non-ortho nitro benzene ring substituents is 1. The molecule has 1 aliphatic heterocycles. The Hall–Kier alpha value is -1.87. The van der Waals surface area contributed by atoms with Crippen LogP contribution in [0.1, 0.15) is 10.4 Å². The Morgan fingerprint density at radius 1 is 1.08 bits per heavy atom. The van der Waals surface area contributed by atoms with Crippen molar-refractivity contribution in [2.75, 3.05) is 31.1 Å². The molecule has 2 aromatic carbocycles. The zero-order valence-corrected chi connectivity index (χ0v) is 16.1. The summed E-state index contributed by atoms with van der Waals surface area (Å²) in [5.41, 5.74) is 1.52. The SMILES string of the molecule is O=C(c1cc(I)ccc1Cl)N1CCN(c2ccc([N+](=O)[O-])cc2)CC1. The lowest BCUT2D eigenvalue weighted by Gasteiger charge is -2.36. The first-order chi connectivity index (χ1) is 12.0. The molecule has 1 amide bonds. The van der Waals surface area contributed by atoms with Crippen LogP contribution in [0.2, 0.25) is 5.02 Å². The van der Waals surface area contributed by atoms with Crippen LogP contribution in [-0.2, 0) is 0 Å². The number of benzene rings is 2. The fraction of sp³-hybridized carbons (Fsp3) is 0.235. The van der Waals surface area contributed by atoms with Gasteiger partial charge in [-0.1, -0.05) is 11.6 Å². The molecule has 1 aliphatic rings. The molecule has 0 N–H and O–H groups in total. The van der Waals surface area contributed by atoms with E-state index in [1.54, 1.807) is 29.2 Å². The first-order valence-corrected chi connectivity index (χ1v) is 9.15. The van der Waals surface area contributed by atoms with Gasteiger partial charge >= 0.3 is 0 Å². The molecule has 0 atom stereocenters. The van der Waals surface area contributed by atoms with Gasteiger partial charge in [-0.15, -0.1) is 0 Å². The fourth-order valence-corrected chi connectivity index (χ4v) is 3.47. The van der Waals surface area contributed by atoms with Gasteiger partial charge in [0.15, 0.2) is 0 Å². The first kappa shape index (κ1) is 17.9. The van der Waals surface area contributed by atoms with Crippen LogP contribution < -0.4 is 4.90 Å². The van der Waals surface area contributed by atoms with Crippen LogP contribution in [0.25, 0.3) is 0 Å². The summed E-state index contributed by atoms with van der Waals surface area (Å²) in [6.07, 6.45) is 0. The Labute approximate surface area is 163 Å². The van der Waals surface area contributed by atoms with Crippen LogP contribution in [0.3, 0.4) is 0 Å². The number of hydrogen-bond donors (Lipinski definition) is 0. The highest BCUT2D eigenvalue weighted by Gasteiger charge is 2.24. The van der Waals surface area contributed by atoms with Gasteiger partial charge < -0.3 is 9.80 Å². The average molecular weight is 472 g/mol. The number of piperazine rings is 1. The maximum atomic E-state index is 12.7. The monoisotopic (exact) mass is 471 g/mol. The normalized spacial score (nSPS) is 14.5. The Balaban J connectivity index is 1.66. The zero-order valence-electron chi connectivity index (χ0n) is 13.2. The van der Waals surface area contributed by atoms with Gasteiger partial charge in [0, 0.05) is 47.6 Å². The van der Waals surface area contributed by atoms with E-state index in [0.717, 1.165) is 9.26 Å². The number of nitro groups is 1. The molecule has 0 aliphatic carbocycles. The van der Waals surface area contributed by atoms with Gasteiger partial charge in [-0.2, -0.15) is 0 Å². The third-order valence-electron chi connectivity index (χ3n) is 4.15. The molecule has 0 bridgehead atoms. The van der Waals surface area contributed by atoms with Crippen molar-refractivity contribution in [3.8, 4) is 0 Å². The summed E-state index contributed by atoms with van der Waals surface area (Å²) in [7, 11) is 0. The summed E-state index contributed by atoms with van der Waals surface area (Å²) < 4.78 is 0.967. The highest BCUT2D eigenvalue weighted by molar-refractivity contribution is 14.1. The van der Waals surface area contributed by atoms with E-state index in [2.05, 4.69) is 27.5 Å². The van der Waals surface area contributed by atoms with Crippen molar-refractivity contribution >= 4 is 51.5 Å². The summed E-state index contributed by atoms with van der Waals surface area (Å²) >= 11 is 8.32. The molecule has 130 valence electrons. The molecule has 0 saturated carbocycles. The van der Waals surface area contributed by atoms with E-state index in [1.165, 1.54) is 12.1 Å². The van der Waals surface area contributed by atoms with Gasteiger partial charge in [0.2, 0.25) is 0 Å². The number of carbonyl (C=O) groups excluding carboxylic acids is 1. The van der Waals surface area contributed by atoms with Crippen molar-refractivity contribution in [1.82, 2.24) is 4.90 Å². The maximum Gasteiger partial charge on any atom is 0.269 e. The fourth-order valence-electron chi connectivity index (χ4n) is 2.78. The minimum Gasteiger partial charge on any atom is -0.368 e. The van der Waals surface area contributed by atoms with Gasteiger partial charge in [-0.25, -0.2) is 0 Å². The van der Waals surface area contributed by atoms with Crippen molar-refractivity contribution in [3.05, 3.63) is 66.7 Å². The number of halogens is 2. The molecule has 0 aromatic heterocycles. The van der Waals surface area contributed by atoms with Crippen molar-refractivity contribution < 1.29 is 9.72 Å². The molecule has 25 heavy (non-hydrogen) atoms. The lowest BCUT2D eigenvalue weighted by atomic mass is 10.1. The van der Waals surface area contributed by atoms with E-state index in [-0.39, 0.29) is 11.6 Å². The van der Waals surface area contributed by atoms with Crippen LogP contribution in [-0.4, -0.2) is 41.9 Å². The topological polar surface area (TPSA) is 66.7 Å². The molecule has 1 saturated heterocycles. The predicted molar refractivity (Wildman–Crippen MR) is 105 cm³/mol. The van der Waals surface area contributed by atoms with E-state index in [9.17, 15) is 14.9 Å². The Morgan fingerprint density at radius 3 is 2.32 bits per heavy atom. The van der Waals surface area contributed by atoms with Crippen LogP contribution >= 0.6 is 34.2 Å². The Morgan fingerprint density at radius 2 is 1.72 bits per heavy atom. The summed E-state index contributed by atoms with van der Waals surface area (Å²) in [5.74, 6) is -0.0631. The molecule has 0 unspecified atom stereocenters. The molecule has 1 fully saturated rings. The van der Waals surface area contributed by atoms with E-state index in [0.29, 0.717) is 36.8 Å². The van der Waals surface area contributed by atoms with Crippen molar-refractivity contribution in [3.63, 3.8) is 0 Å². The summed E-state index contributed by atoms with van der Waals surface area (Å²) in [5, 5.41) is 11.2. The third-order valence-corrected chi connectivity index (χ3v) is 5.15. The Kier molecular flexibility index (Phi) is 5.43. The van der Waals surface area contributed by atoms with Crippen LogP contribution in [0.15, 0.2) is 42.5 Å².